The van der Waals surface area contributed by atoms with Crippen LogP contribution in [0.2, 0.25) is 0 Å². The van der Waals surface area contributed by atoms with Gasteiger partial charge in [-0.05, 0) is 30.9 Å². The van der Waals surface area contributed by atoms with Gasteiger partial charge >= 0.3 is 0 Å². The molecular weight excluding hydrogens is 338 g/mol. The van der Waals surface area contributed by atoms with Gasteiger partial charge in [0.2, 0.25) is 5.91 Å². The van der Waals surface area contributed by atoms with Crippen LogP contribution in [0.3, 0.4) is 0 Å². The number of aromatic nitrogens is 2. The lowest BCUT2D eigenvalue weighted by atomic mass is 10.1. The van der Waals surface area contributed by atoms with E-state index in [4.69, 9.17) is 9.26 Å². The first-order valence-electron chi connectivity index (χ1n) is 8.55. The molecule has 1 aromatic heterocycles. The summed E-state index contributed by atoms with van der Waals surface area (Å²) in [7, 11) is 0. The number of nitrogens with zero attached hydrogens (tertiary/aromatic N) is 2. The molecule has 0 unspecified atom stereocenters. The third kappa shape index (κ3) is 5.31. The Hall–Kier alpha value is -1.86. The van der Waals surface area contributed by atoms with E-state index < -0.39 is 0 Å². The molecule has 0 radical (unpaired) electrons. The lowest BCUT2D eigenvalue weighted by molar-refractivity contribution is -0.118. The molecule has 134 valence electrons. The van der Waals surface area contributed by atoms with Crippen LogP contribution in [-0.2, 0) is 21.7 Å². The Labute approximate surface area is 151 Å². The Bertz CT molecular complexity index is 698. The summed E-state index contributed by atoms with van der Waals surface area (Å²) in [5, 5.41) is 6.84. The van der Waals surface area contributed by atoms with Crippen molar-refractivity contribution in [3.8, 4) is 0 Å². The van der Waals surface area contributed by atoms with E-state index in [1.165, 1.54) is 11.1 Å². The first-order chi connectivity index (χ1) is 12.2. The van der Waals surface area contributed by atoms with Crippen molar-refractivity contribution < 1.29 is 14.1 Å². The van der Waals surface area contributed by atoms with Crippen molar-refractivity contribution in [1.82, 2.24) is 15.5 Å². The highest BCUT2D eigenvalue weighted by Crippen LogP contribution is 2.26. The molecular formula is C18H23N3O3S. The molecule has 1 saturated heterocycles. The number of carbonyl (C=O) groups excluding carboxylic acids is 1. The van der Waals surface area contributed by atoms with Gasteiger partial charge in [0, 0.05) is 25.3 Å². The number of hydrogen-bond acceptors (Lipinski definition) is 6. The lowest BCUT2D eigenvalue weighted by Gasteiger charge is -2.06. The van der Waals surface area contributed by atoms with E-state index in [0.717, 1.165) is 25.2 Å². The normalized spacial score (nSPS) is 16.9. The molecule has 0 spiro atoms. The van der Waals surface area contributed by atoms with E-state index in [1.54, 1.807) is 11.8 Å². The fourth-order valence-corrected chi connectivity index (χ4v) is 3.60. The summed E-state index contributed by atoms with van der Waals surface area (Å²) in [6, 6.07) is 8.24. The van der Waals surface area contributed by atoms with Crippen molar-refractivity contribution in [3.63, 3.8) is 0 Å². The quantitative estimate of drug-likeness (QED) is 0.779. The SMILES string of the molecule is Cc1ccccc1CSCC(=O)NCCc1noc([C@H]2CCCO2)n1. The summed E-state index contributed by atoms with van der Waals surface area (Å²) in [5.74, 6) is 2.48. The second-order valence-corrected chi connectivity index (χ2v) is 7.06. The highest BCUT2D eigenvalue weighted by atomic mass is 32.2. The second-order valence-electron chi connectivity index (χ2n) is 6.07. The van der Waals surface area contributed by atoms with E-state index in [1.807, 2.05) is 12.1 Å². The predicted molar refractivity (Wildman–Crippen MR) is 96.3 cm³/mol. The first kappa shape index (κ1) is 17.9. The molecule has 0 bridgehead atoms. The lowest BCUT2D eigenvalue weighted by Crippen LogP contribution is -2.27. The molecule has 3 rings (SSSR count). The molecule has 2 heterocycles. The molecule has 1 atom stereocenters. The van der Waals surface area contributed by atoms with Gasteiger partial charge < -0.3 is 14.6 Å². The van der Waals surface area contributed by atoms with Crippen LogP contribution in [0.15, 0.2) is 28.8 Å². The van der Waals surface area contributed by atoms with Gasteiger partial charge in [-0.25, -0.2) is 0 Å². The zero-order valence-electron chi connectivity index (χ0n) is 14.4. The van der Waals surface area contributed by atoms with Gasteiger partial charge in [0.15, 0.2) is 5.82 Å². The van der Waals surface area contributed by atoms with E-state index in [2.05, 4.69) is 34.5 Å². The van der Waals surface area contributed by atoms with Crippen LogP contribution in [-0.4, -0.2) is 35.0 Å². The third-order valence-electron chi connectivity index (χ3n) is 4.11. The van der Waals surface area contributed by atoms with Crippen molar-refractivity contribution in [3.05, 3.63) is 47.1 Å². The highest BCUT2D eigenvalue weighted by molar-refractivity contribution is 7.99. The van der Waals surface area contributed by atoms with Gasteiger partial charge in [0.1, 0.15) is 6.10 Å². The largest absolute Gasteiger partial charge is 0.368 e. The third-order valence-corrected chi connectivity index (χ3v) is 5.09. The van der Waals surface area contributed by atoms with Crippen molar-refractivity contribution >= 4 is 17.7 Å². The Morgan fingerprint density at radius 2 is 2.28 bits per heavy atom. The van der Waals surface area contributed by atoms with Crippen molar-refractivity contribution in [2.24, 2.45) is 0 Å². The van der Waals surface area contributed by atoms with E-state index in [9.17, 15) is 4.79 Å². The number of ether oxygens (including phenoxy) is 1. The predicted octanol–water partition coefficient (Wildman–Crippen LogP) is 2.82. The van der Waals surface area contributed by atoms with Crippen LogP contribution in [0.1, 0.15) is 41.8 Å². The highest BCUT2D eigenvalue weighted by Gasteiger charge is 2.23. The monoisotopic (exact) mass is 361 g/mol. The maximum absolute atomic E-state index is 11.9. The fourth-order valence-electron chi connectivity index (χ4n) is 2.66. The number of benzene rings is 1. The summed E-state index contributed by atoms with van der Waals surface area (Å²) in [4.78, 5) is 16.2. The summed E-state index contributed by atoms with van der Waals surface area (Å²) in [5.41, 5.74) is 2.53. The minimum Gasteiger partial charge on any atom is -0.368 e. The van der Waals surface area contributed by atoms with Crippen molar-refractivity contribution in [2.75, 3.05) is 18.9 Å². The number of carbonyl (C=O) groups is 1. The molecule has 1 fully saturated rings. The molecule has 2 aromatic rings. The summed E-state index contributed by atoms with van der Waals surface area (Å²) in [6.07, 6.45) is 2.45. The zero-order chi connectivity index (χ0) is 17.5. The van der Waals surface area contributed by atoms with Crippen molar-refractivity contribution in [2.45, 2.75) is 38.0 Å². The Morgan fingerprint density at radius 3 is 3.08 bits per heavy atom. The minimum atomic E-state index is -0.0614. The molecule has 0 saturated carbocycles. The van der Waals surface area contributed by atoms with E-state index in [0.29, 0.717) is 30.4 Å². The van der Waals surface area contributed by atoms with Crippen LogP contribution in [0.25, 0.3) is 0 Å². The number of aryl methyl sites for hydroxylation is 1. The van der Waals surface area contributed by atoms with E-state index >= 15 is 0 Å². The fraction of sp³-hybridized carbons (Fsp3) is 0.500. The number of rotatable bonds is 8. The van der Waals surface area contributed by atoms with E-state index in [-0.39, 0.29) is 12.0 Å². The summed E-state index contributed by atoms with van der Waals surface area (Å²) in [6.45, 7) is 3.35. The number of amides is 1. The molecule has 6 nitrogen and oxygen atoms in total. The second kappa shape index (κ2) is 9.01. The van der Waals surface area contributed by atoms with Gasteiger partial charge in [-0.3, -0.25) is 4.79 Å². The maximum atomic E-state index is 11.9. The summed E-state index contributed by atoms with van der Waals surface area (Å²) < 4.78 is 10.7. The Balaban J connectivity index is 1.33. The molecule has 1 aliphatic rings. The average molecular weight is 361 g/mol. The number of thioether (sulfide) groups is 1. The van der Waals surface area contributed by atoms with Gasteiger partial charge in [-0.2, -0.15) is 4.98 Å². The van der Waals surface area contributed by atoms with Crippen LogP contribution in [0, 0.1) is 6.92 Å². The molecule has 7 heteroatoms. The van der Waals surface area contributed by atoms with Crippen molar-refractivity contribution in [1.29, 1.82) is 0 Å². The van der Waals surface area contributed by atoms with Gasteiger partial charge in [0.05, 0.1) is 5.75 Å². The molecule has 1 aromatic carbocycles. The average Bonchev–Trinajstić information content (AvgIpc) is 3.28. The van der Waals surface area contributed by atoms with Crippen LogP contribution < -0.4 is 5.32 Å². The molecule has 0 aliphatic carbocycles. The van der Waals surface area contributed by atoms with Crippen LogP contribution in [0.5, 0.6) is 0 Å². The summed E-state index contributed by atoms with van der Waals surface area (Å²) >= 11 is 1.62. The van der Waals surface area contributed by atoms with Crippen LogP contribution in [0.4, 0.5) is 0 Å². The molecule has 1 amide bonds. The zero-order valence-corrected chi connectivity index (χ0v) is 15.2. The topological polar surface area (TPSA) is 77.2 Å². The first-order valence-corrected chi connectivity index (χ1v) is 9.71. The molecule has 1 aliphatic heterocycles. The smallest absolute Gasteiger partial charge is 0.255 e. The Kier molecular flexibility index (Phi) is 6.47. The standard InChI is InChI=1S/C18H23N3O3S/c1-13-5-2-3-6-14(13)11-25-12-17(22)19-9-8-16-20-18(24-21-16)15-7-4-10-23-15/h2-3,5-6,15H,4,7-12H2,1H3,(H,19,22)/t15-/m1/s1. The molecule has 25 heavy (non-hydrogen) atoms. The Morgan fingerprint density at radius 1 is 1.40 bits per heavy atom. The number of hydrogen-bond donors (Lipinski definition) is 1. The van der Waals surface area contributed by atoms with Gasteiger partial charge in [0.25, 0.3) is 5.89 Å². The molecule has 1 N–H and O–H groups in total. The maximum Gasteiger partial charge on any atom is 0.255 e. The number of nitrogens with one attached hydrogen (secondary N) is 1. The van der Waals surface area contributed by atoms with Gasteiger partial charge in [-0.15, -0.1) is 11.8 Å². The van der Waals surface area contributed by atoms with Crippen LogP contribution >= 0.6 is 11.8 Å². The minimum absolute atomic E-state index is 0.0291. The van der Waals surface area contributed by atoms with Gasteiger partial charge in [-0.1, -0.05) is 29.4 Å².